The number of carbonyl (C=O) groups is 2. The van der Waals surface area contributed by atoms with Crippen LogP contribution in [0.2, 0.25) is 0 Å². The van der Waals surface area contributed by atoms with Crippen molar-refractivity contribution in [2.75, 3.05) is 0 Å². The maximum absolute atomic E-state index is 11.4. The molecule has 0 amide bonds. The summed E-state index contributed by atoms with van der Waals surface area (Å²) in [4.78, 5) is 21.7. The molecule has 1 aromatic rings. The Morgan fingerprint density at radius 1 is 1.48 bits per heavy atom. The van der Waals surface area contributed by atoms with Gasteiger partial charge in [-0.05, 0) is 56.1 Å². The van der Waals surface area contributed by atoms with Crippen LogP contribution in [0.15, 0.2) is 46.8 Å². The van der Waals surface area contributed by atoms with Crippen LogP contribution in [-0.2, 0) is 4.79 Å². The number of Topliss-reactive ketones (excluding diaryl/α,β-unsaturated/α-hetero) is 1. The van der Waals surface area contributed by atoms with Gasteiger partial charge in [0.05, 0.1) is 11.8 Å². The Labute approximate surface area is 139 Å². The molecular weight excluding hydrogens is 288 g/mol. The molecule has 0 spiro atoms. The maximum Gasteiger partial charge on any atom is 0.166 e. The molecule has 0 N–H and O–H groups in total. The first-order chi connectivity index (χ1) is 10.9. The van der Waals surface area contributed by atoms with Gasteiger partial charge in [0.2, 0.25) is 0 Å². The highest BCUT2D eigenvalue weighted by Crippen LogP contribution is 2.26. The number of aldehydes is 1. The molecular formula is C20H28O3. The van der Waals surface area contributed by atoms with Crippen molar-refractivity contribution in [2.45, 2.75) is 52.9 Å². The molecule has 0 bridgehead atoms. The van der Waals surface area contributed by atoms with Gasteiger partial charge in [-0.1, -0.05) is 32.1 Å². The monoisotopic (exact) mass is 316 g/mol. The molecule has 0 radical (unpaired) electrons. The second-order valence-electron chi connectivity index (χ2n) is 6.58. The van der Waals surface area contributed by atoms with Crippen LogP contribution in [0.5, 0.6) is 0 Å². The van der Waals surface area contributed by atoms with Gasteiger partial charge < -0.3 is 4.42 Å². The Hall–Kier alpha value is -1.90. The molecule has 0 aromatic carbocycles. The van der Waals surface area contributed by atoms with Crippen LogP contribution in [0.4, 0.5) is 0 Å². The number of hydrogen-bond acceptors (Lipinski definition) is 3. The standard InChI is InChI=1S/C10H14O2.C10H14O/c1-8(2)3-4-10(11)9-5-6-12-7-9;1-8(2)10-5-3-9(7-11)4-6-10/h5-8H,3-4H2,1-2H3;3,7,10H,1,4-6H2,2H3. The third kappa shape index (κ3) is 7.27. The lowest BCUT2D eigenvalue weighted by Gasteiger charge is -2.19. The van der Waals surface area contributed by atoms with E-state index in [1.54, 1.807) is 6.07 Å². The van der Waals surface area contributed by atoms with Crippen molar-refractivity contribution in [3.05, 3.63) is 48.0 Å². The minimum Gasteiger partial charge on any atom is -0.472 e. The Bertz CT molecular complexity index is 535. The van der Waals surface area contributed by atoms with Gasteiger partial charge in [0.15, 0.2) is 5.78 Å². The predicted octanol–water partition coefficient (Wildman–Crippen LogP) is 5.39. The van der Waals surface area contributed by atoms with Gasteiger partial charge in [-0.15, -0.1) is 0 Å². The van der Waals surface area contributed by atoms with Crippen LogP contribution in [0.1, 0.15) is 63.2 Å². The molecule has 3 nitrogen and oxygen atoms in total. The van der Waals surface area contributed by atoms with Crippen molar-refractivity contribution in [2.24, 2.45) is 11.8 Å². The fourth-order valence-corrected chi connectivity index (χ4v) is 2.40. The summed E-state index contributed by atoms with van der Waals surface area (Å²) in [6.07, 6.45) is 10.6. The Morgan fingerprint density at radius 3 is 2.65 bits per heavy atom. The molecule has 1 heterocycles. The van der Waals surface area contributed by atoms with Crippen LogP contribution in [0, 0.1) is 11.8 Å². The van der Waals surface area contributed by atoms with E-state index < -0.39 is 0 Å². The van der Waals surface area contributed by atoms with E-state index in [2.05, 4.69) is 27.4 Å². The van der Waals surface area contributed by atoms with Gasteiger partial charge in [-0.25, -0.2) is 0 Å². The largest absolute Gasteiger partial charge is 0.472 e. The second kappa shape index (κ2) is 9.98. The zero-order chi connectivity index (χ0) is 17.2. The van der Waals surface area contributed by atoms with E-state index in [0.29, 0.717) is 23.8 Å². The van der Waals surface area contributed by atoms with E-state index >= 15 is 0 Å². The smallest absolute Gasteiger partial charge is 0.166 e. The zero-order valence-electron chi connectivity index (χ0n) is 14.5. The van der Waals surface area contributed by atoms with Gasteiger partial charge in [-0.3, -0.25) is 9.59 Å². The third-order valence-electron chi connectivity index (χ3n) is 4.09. The van der Waals surface area contributed by atoms with E-state index in [9.17, 15) is 9.59 Å². The van der Waals surface area contributed by atoms with E-state index in [0.717, 1.165) is 37.5 Å². The van der Waals surface area contributed by atoms with E-state index in [4.69, 9.17) is 4.42 Å². The van der Waals surface area contributed by atoms with Gasteiger partial charge in [0, 0.05) is 6.42 Å². The summed E-state index contributed by atoms with van der Waals surface area (Å²) in [6.45, 7) is 10.2. The first kappa shape index (κ1) is 19.1. The van der Waals surface area contributed by atoms with E-state index in [-0.39, 0.29) is 5.78 Å². The molecule has 0 saturated carbocycles. The molecule has 3 heteroatoms. The average Bonchev–Trinajstić information content (AvgIpc) is 3.07. The minimum atomic E-state index is 0.178. The highest BCUT2D eigenvalue weighted by Gasteiger charge is 2.13. The maximum atomic E-state index is 11.4. The Morgan fingerprint density at radius 2 is 2.22 bits per heavy atom. The van der Waals surface area contributed by atoms with Gasteiger partial charge in [0.1, 0.15) is 12.5 Å². The molecule has 1 aromatic heterocycles. The number of allylic oxidation sites excluding steroid dienone is 3. The molecule has 1 aliphatic carbocycles. The molecule has 1 unspecified atom stereocenters. The summed E-state index contributed by atoms with van der Waals surface area (Å²) >= 11 is 0. The van der Waals surface area contributed by atoms with E-state index in [1.807, 2.05) is 6.08 Å². The lowest BCUT2D eigenvalue weighted by atomic mass is 9.86. The molecule has 0 saturated heterocycles. The average molecular weight is 316 g/mol. The number of carbonyl (C=O) groups excluding carboxylic acids is 2. The molecule has 1 aliphatic rings. The fourth-order valence-electron chi connectivity index (χ4n) is 2.40. The summed E-state index contributed by atoms with van der Waals surface area (Å²) in [6, 6.07) is 1.71. The van der Waals surface area contributed by atoms with Gasteiger partial charge in [-0.2, -0.15) is 0 Å². The molecule has 0 aliphatic heterocycles. The summed E-state index contributed by atoms with van der Waals surface area (Å²) in [5, 5.41) is 0. The molecule has 126 valence electrons. The predicted molar refractivity (Wildman–Crippen MR) is 93.4 cm³/mol. The highest BCUT2D eigenvalue weighted by molar-refractivity contribution is 5.95. The first-order valence-electron chi connectivity index (χ1n) is 8.29. The lowest BCUT2D eigenvalue weighted by molar-refractivity contribution is -0.105. The normalized spacial score (nSPS) is 17.0. The zero-order valence-corrected chi connectivity index (χ0v) is 14.5. The lowest BCUT2D eigenvalue weighted by Crippen LogP contribution is -2.06. The third-order valence-corrected chi connectivity index (χ3v) is 4.09. The Balaban J connectivity index is 0.000000231. The summed E-state index contributed by atoms with van der Waals surface area (Å²) in [7, 11) is 0. The fraction of sp³-hybridized carbons (Fsp3) is 0.500. The molecule has 23 heavy (non-hydrogen) atoms. The molecule has 2 rings (SSSR count). The topological polar surface area (TPSA) is 47.3 Å². The SMILES string of the molecule is C=C(C)C1CC=C(C=O)CC1.CC(C)CCC(=O)c1ccoc1. The van der Waals surface area contributed by atoms with Gasteiger partial charge in [0.25, 0.3) is 0 Å². The number of furan rings is 1. The van der Waals surface area contributed by atoms with Crippen molar-refractivity contribution in [3.8, 4) is 0 Å². The van der Waals surface area contributed by atoms with Crippen LogP contribution < -0.4 is 0 Å². The number of rotatable bonds is 6. The van der Waals surface area contributed by atoms with Crippen molar-refractivity contribution < 1.29 is 14.0 Å². The second-order valence-corrected chi connectivity index (χ2v) is 6.58. The van der Waals surface area contributed by atoms with Crippen LogP contribution >= 0.6 is 0 Å². The summed E-state index contributed by atoms with van der Waals surface area (Å²) < 4.78 is 4.82. The Kier molecular flexibility index (Phi) is 8.31. The van der Waals surface area contributed by atoms with Crippen LogP contribution in [0.25, 0.3) is 0 Å². The summed E-state index contributed by atoms with van der Waals surface area (Å²) in [5.41, 5.74) is 2.89. The number of hydrogen-bond donors (Lipinski definition) is 0. The quantitative estimate of drug-likeness (QED) is 0.402. The van der Waals surface area contributed by atoms with Crippen LogP contribution in [-0.4, -0.2) is 12.1 Å². The van der Waals surface area contributed by atoms with Crippen molar-refractivity contribution in [3.63, 3.8) is 0 Å². The number of ketones is 1. The summed E-state index contributed by atoms with van der Waals surface area (Å²) in [5.74, 6) is 1.37. The van der Waals surface area contributed by atoms with Crippen molar-refractivity contribution in [1.82, 2.24) is 0 Å². The van der Waals surface area contributed by atoms with Gasteiger partial charge >= 0.3 is 0 Å². The first-order valence-corrected chi connectivity index (χ1v) is 8.29. The highest BCUT2D eigenvalue weighted by atomic mass is 16.3. The van der Waals surface area contributed by atoms with E-state index in [1.165, 1.54) is 18.1 Å². The van der Waals surface area contributed by atoms with Crippen molar-refractivity contribution >= 4 is 12.1 Å². The molecule has 1 atom stereocenters. The minimum absolute atomic E-state index is 0.178. The molecule has 0 fully saturated rings. The van der Waals surface area contributed by atoms with Crippen molar-refractivity contribution in [1.29, 1.82) is 0 Å². The van der Waals surface area contributed by atoms with Crippen LogP contribution in [0.3, 0.4) is 0 Å².